The zero-order valence-corrected chi connectivity index (χ0v) is 27.7. The smallest absolute Gasteiger partial charge is 0.341 e. The zero-order valence-electron chi connectivity index (χ0n) is 26.7. The molecule has 45 heavy (non-hydrogen) atoms. The summed E-state index contributed by atoms with van der Waals surface area (Å²) in [7, 11) is -2.92. The van der Waals surface area contributed by atoms with E-state index in [0.29, 0.717) is 30.1 Å². The van der Waals surface area contributed by atoms with Crippen molar-refractivity contribution in [2.24, 2.45) is 5.92 Å². The number of benzene rings is 3. The van der Waals surface area contributed by atoms with E-state index in [4.69, 9.17) is 18.6 Å². The number of unbranched alkanes of at least 4 members (excludes halogenated alkanes) is 2. The van der Waals surface area contributed by atoms with Gasteiger partial charge in [0.15, 0.2) is 18.1 Å². The number of ether oxygens (including phenoxy) is 3. The van der Waals surface area contributed by atoms with E-state index in [-0.39, 0.29) is 29.3 Å². The average molecular weight is 631 g/mol. The molecular formula is C37H46O7Si. The minimum atomic E-state index is -2.92. The second-order valence-corrected chi connectivity index (χ2v) is 17.3. The van der Waals surface area contributed by atoms with Gasteiger partial charge < -0.3 is 28.8 Å². The lowest BCUT2D eigenvalue weighted by molar-refractivity contribution is -0.139. The molecule has 5 atom stereocenters. The zero-order chi connectivity index (χ0) is 32.0. The molecule has 0 unspecified atom stereocenters. The number of carboxylic acid groups (broad SMARTS) is 1. The molecule has 1 heterocycles. The highest BCUT2D eigenvalue weighted by molar-refractivity contribution is 6.99. The highest BCUT2D eigenvalue weighted by Gasteiger charge is 2.56. The monoisotopic (exact) mass is 630 g/mol. The summed E-state index contributed by atoms with van der Waals surface area (Å²) < 4.78 is 26.4. The highest BCUT2D eigenvalue weighted by atomic mass is 28.4. The fourth-order valence-corrected chi connectivity index (χ4v) is 11.5. The van der Waals surface area contributed by atoms with Crippen LogP contribution in [0.1, 0.15) is 59.8 Å². The van der Waals surface area contributed by atoms with E-state index < -0.39 is 27.0 Å². The standard InChI is InChI=1S/C37H46O7Si/c1-5-6-9-15-26(38)22-23-29-32(24-33-35(29)42-31-21-14-20-30(36(31)43-33)41-25-34(39)40)44-45(37(2,3)4,27-16-10-7-11-17-27)28-18-12-8-13-19-28/h7-8,10-14,16-23,26,29,32-33,35,38H,5-6,9,15,24-25H2,1-4H3,(H,39,40)/b23-22+/t26-,29-,32+,33-,35+/m0/s1. The topological polar surface area (TPSA) is 94.5 Å². The van der Waals surface area contributed by atoms with E-state index in [1.54, 1.807) is 12.1 Å². The molecule has 3 aromatic carbocycles. The van der Waals surface area contributed by atoms with Crippen molar-refractivity contribution in [2.45, 2.75) is 89.3 Å². The Bertz CT molecular complexity index is 1400. The van der Waals surface area contributed by atoms with Crippen molar-refractivity contribution >= 4 is 24.7 Å². The van der Waals surface area contributed by atoms with Crippen LogP contribution in [0.3, 0.4) is 0 Å². The molecule has 7 nitrogen and oxygen atoms in total. The number of aliphatic carboxylic acids is 1. The first-order valence-corrected chi connectivity index (χ1v) is 18.0. The normalized spacial score (nSPS) is 21.8. The van der Waals surface area contributed by atoms with Crippen LogP contribution in [0.2, 0.25) is 5.04 Å². The number of carboxylic acids is 1. The molecule has 2 aliphatic rings. The number of carbonyl (C=O) groups is 1. The molecule has 1 aliphatic carbocycles. The van der Waals surface area contributed by atoms with Crippen LogP contribution in [-0.4, -0.2) is 55.5 Å². The van der Waals surface area contributed by atoms with Gasteiger partial charge in [0, 0.05) is 12.3 Å². The van der Waals surface area contributed by atoms with E-state index in [2.05, 4.69) is 82.3 Å². The first kappa shape index (κ1) is 32.8. The summed E-state index contributed by atoms with van der Waals surface area (Å²) in [5.41, 5.74) is 0. The van der Waals surface area contributed by atoms with Gasteiger partial charge in [-0.3, -0.25) is 0 Å². The molecule has 0 radical (unpaired) electrons. The maximum Gasteiger partial charge on any atom is 0.341 e. The minimum Gasteiger partial charge on any atom is -0.482 e. The van der Waals surface area contributed by atoms with E-state index >= 15 is 0 Å². The van der Waals surface area contributed by atoms with Crippen LogP contribution < -0.4 is 24.6 Å². The molecule has 1 aliphatic heterocycles. The second-order valence-electron chi connectivity index (χ2n) is 13.1. The summed E-state index contributed by atoms with van der Waals surface area (Å²) in [6, 6.07) is 26.4. The lowest BCUT2D eigenvalue weighted by Gasteiger charge is -2.45. The largest absolute Gasteiger partial charge is 0.482 e. The Hall–Kier alpha value is -3.59. The van der Waals surface area contributed by atoms with Gasteiger partial charge in [-0.25, -0.2) is 4.79 Å². The number of fused-ring (bicyclic) bond motifs is 2. The predicted octanol–water partition coefficient (Wildman–Crippen LogP) is 6.12. The predicted molar refractivity (Wildman–Crippen MR) is 178 cm³/mol. The molecule has 3 aromatic rings. The molecule has 240 valence electrons. The fourth-order valence-electron chi connectivity index (χ4n) is 6.74. The van der Waals surface area contributed by atoms with Crippen molar-refractivity contribution < 1.29 is 33.6 Å². The molecule has 0 spiro atoms. The Balaban J connectivity index is 1.54. The van der Waals surface area contributed by atoms with Crippen LogP contribution in [-0.2, 0) is 9.22 Å². The molecule has 0 amide bonds. The summed E-state index contributed by atoms with van der Waals surface area (Å²) in [5.74, 6) is -0.0116. The third-order valence-electron chi connectivity index (χ3n) is 8.87. The molecular weight excluding hydrogens is 584 g/mol. The Morgan fingerprint density at radius 1 is 0.978 bits per heavy atom. The van der Waals surface area contributed by atoms with Crippen molar-refractivity contribution in [2.75, 3.05) is 6.61 Å². The second kappa shape index (κ2) is 14.2. The maximum absolute atomic E-state index is 11.2. The van der Waals surface area contributed by atoms with Crippen LogP contribution in [0, 0.1) is 5.92 Å². The van der Waals surface area contributed by atoms with Gasteiger partial charge >= 0.3 is 5.97 Å². The Labute approximate surface area is 267 Å². The van der Waals surface area contributed by atoms with Gasteiger partial charge in [-0.1, -0.05) is 126 Å². The quantitative estimate of drug-likeness (QED) is 0.134. The number of hydrogen-bond donors (Lipinski definition) is 2. The van der Waals surface area contributed by atoms with Gasteiger partial charge in [0.2, 0.25) is 5.75 Å². The van der Waals surface area contributed by atoms with Gasteiger partial charge in [-0.05, 0) is 34.0 Å². The van der Waals surface area contributed by atoms with E-state index in [1.807, 2.05) is 24.3 Å². The van der Waals surface area contributed by atoms with Crippen LogP contribution in [0.5, 0.6) is 17.2 Å². The molecule has 2 N–H and O–H groups in total. The number of rotatable bonds is 13. The highest BCUT2D eigenvalue weighted by Crippen LogP contribution is 2.49. The van der Waals surface area contributed by atoms with Crippen molar-refractivity contribution in [3.63, 3.8) is 0 Å². The van der Waals surface area contributed by atoms with E-state index in [9.17, 15) is 15.0 Å². The van der Waals surface area contributed by atoms with Crippen LogP contribution >= 0.6 is 0 Å². The minimum absolute atomic E-state index is 0.200. The van der Waals surface area contributed by atoms with E-state index in [1.165, 1.54) is 10.4 Å². The molecule has 1 saturated carbocycles. The van der Waals surface area contributed by atoms with Crippen molar-refractivity contribution in [1.29, 1.82) is 0 Å². The first-order valence-electron chi connectivity index (χ1n) is 16.1. The van der Waals surface area contributed by atoms with Gasteiger partial charge in [0.05, 0.1) is 12.2 Å². The lowest BCUT2D eigenvalue weighted by atomic mass is 10.00. The molecule has 8 heteroatoms. The van der Waals surface area contributed by atoms with Crippen molar-refractivity contribution in [3.8, 4) is 17.2 Å². The molecule has 0 saturated heterocycles. The molecule has 1 fully saturated rings. The van der Waals surface area contributed by atoms with Crippen molar-refractivity contribution in [3.05, 3.63) is 91.0 Å². The molecule has 0 bridgehead atoms. The summed E-state index contributed by atoms with van der Waals surface area (Å²) >= 11 is 0. The van der Waals surface area contributed by atoms with E-state index in [0.717, 1.165) is 19.3 Å². The SMILES string of the molecule is CCCCC[C@H](O)/C=C/[C@@H]1[C@H]2Oc3cccc(OCC(=O)O)c3O[C@H]2C[C@H]1O[Si](c1ccccc1)(c1ccccc1)C(C)(C)C. The van der Waals surface area contributed by atoms with Crippen molar-refractivity contribution in [1.82, 2.24) is 0 Å². The average Bonchev–Trinajstić information content (AvgIpc) is 3.36. The number of aliphatic hydroxyl groups excluding tert-OH is 1. The third kappa shape index (κ3) is 7.13. The third-order valence-corrected chi connectivity index (χ3v) is 13.9. The van der Waals surface area contributed by atoms with Gasteiger partial charge in [-0.2, -0.15) is 0 Å². The van der Waals surface area contributed by atoms with Gasteiger partial charge in [0.25, 0.3) is 8.32 Å². The maximum atomic E-state index is 11.2. The molecule has 0 aromatic heterocycles. The summed E-state index contributed by atoms with van der Waals surface area (Å²) in [5, 5.41) is 22.2. The summed E-state index contributed by atoms with van der Waals surface area (Å²) in [6.45, 7) is 8.47. The Morgan fingerprint density at radius 3 is 2.24 bits per heavy atom. The van der Waals surface area contributed by atoms with Crippen LogP contribution in [0.4, 0.5) is 0 Å². The van der Waals surface area contributed by atoms with Gasteiger partial charge in [0.1, 0.15) is 12.2 Å². The van der Waals surface area contributed by atoms with Gasteiger partial charge in [-0.15, -0.1) is 0 Å². The Morgan fingerprint density at radius 2 is 1.64 bits per heavy atom. The fraction of sp³-hybridized carbons (Fsp3) is 0.432. The first-order chi connectivity index (χ1) is 21.6. The Kier molecular flexibility index (Phi) is 10.4. The molecule has 5 rings (SSSR count). The number of para-hydroxylation sites is 1. The lowest BCUT2D eigenvalue weighted by Crippen LogP contribution is -2.68. The number of aliphatic hydroxyl groups is 1. The van der Waals surface area contributed by atoms with Crippen LogP contribution in [0.15, 0.2) is 91.0 Å². The van der Waals surface area contributed by atoms with Crippen LogP contribution in [0.25, 0.3) is 0 Å². The number of hydrogen-bond acceptors (Lipinski definition) is 6. The summed E-state index contributed by atoms with van der Waals surface area (Å²) in [6.07, 6.45) is 6.82. The summed E-state index contributed by atoms with van der Waals surface area (Å²) in [4.78, 5) is 11.2.